The summed E-state index contributed by atoms with van der Waals surface area (Å²) >= 11 is 0. The van der Waals surface area contributed by atoms with Crippen molar-refractivity contribution in [2.75, 3.05) is 33.2 Å². The number of hydrogen-bond acceptors (Lipinski definition) is 3. The molecular weight excluding hydrogens is 242 g/mol. The number of hydrogen-bond donors (Lipinski definition) is 1. The monoisotopic (exact) mass is 267 g/mol. The molecule has 2 saturated heterocycles. The fraction of sp³-hybridized carbons (Fsp3) is 0.857. The van der Waals surface area contributed by atoms with Crippen LogP contribution in [0.25, 0.3) is 0 Å². The first-order valence-corrected chi connectivity index (χ1v) is 7.34. The van der Waals surface area contributed by atoms with Crippen molar-refractivity contribution in [3.63, 3.8) is 0 Å². The van der Waals surface area contributed by atoms with E-state index in [1.54, 1.807) is 11.9 Å². The van der Waals surface area contributed by atoms with Crippen molar-refractivity contribution in [1.29, 1.82) is 0 Å². The first-order valence-electron chi connectivity index (χ1n) is 7.34. The summed E-state index contributed by atoms with van der Waals surface area (Å²) < 4.78 is 0. The van der Waals surface area contributed by atoms with Gasteiger partial charge >= 0.3 is 0 Å². The highest BCUT2D eigenvalue weighted by atomic mass is 16.2. The van der Waals surface area contributed by atoms with E-state index in [9.17, 15) is 9.59 Å². The first-order chi connectivity index (χ1) is 9.08. The standard InChI is InChI=1S/C14H25N3O2/c1-11-5-6-15-12(9-11)14(19)16(2)10-13(18)17-7-3-4-8-17/h11-12,15H,3-10H2,1-2H3. The minimum Gasteiger partial charge on any atom is -0.341 e. The molecule has 0 aromatic carbocycles. The Kier molecular flexibility index (Phi) is 4.80. The molecule has 5 nitrogen and oxygen atoms in total. The molecule has 0 aromatic heterocycles. The van der Waals surface area contributed by atoms with Gasteiger partial charge in [0, 0.05) is 20.1 Å². The lowest BCUT2D eigenvalue weighted by atomic mass is 9.93. The molecule has 5 heteroatoms. The van der Waals surface area contributed by atoms with Gasteiger partial charge in [-0.1, -0.05) is 6.92 Å². The third-order valence-electron chi connectivity index (χ3n) is 4.17. The highest BCUT2D eigenvalue weighted by Gasteiger charge is 2.28. The zero-order valence-corrected chi connectivity index (χ0v) is 12.0. The zero-order valence-electron chi connectivity index (χ0n) is 12.0. The van der Waals surface area contributed by atoms with E-state index in [2.05, 4.69) is 12.2 Å². The fourth-order valence-electron chi connectivity index (χ4n) is 2.91. The molecule has 2 amide bonds. The molecule has 2 heterocycles. The molecule has 2 aliphatic rings. The lowest BCUT2D eigenvalue weighted by molar-refractivity contribution is -0.140. The zero-order chi connectivity index (χ0) is 13.8. The third-order valence-corrected chi connectivity index (χ3v) is 4.17. The van der Waals surface area contributed by atoms with Crippen LogP contribution in [0.5, 0.6) is 0 Å². The van der Waals surface area contributed by atoms with Crippen LogP contribution in [0.2, 0.25) is 0 Å². The van der Waals surface area contributed by atoms with Gasteiger partial charge in [0.15, 0.2) is 0 Å². The van der Waals surface area contributed by atoms with Crippen LogP contribution in [-0.2, 0) is 9.59 Å². The summed E-state index contributed by atoms with van der Waals surface area (Å²) in [4.78, 5) is 27.7. The maximum Gasteiger partial charge on any atom is 0.242 e. The van der Waals surface area contributed by atoms with E-state index in [4.69, 9.17) is 0 Å². The molecule has 0 bridgehead atoms. The van der Waals surface area contributed by atoms with Crippen LogP contribution in [0.1, 0.15) is 32.6 Å². The molecule has 108 valence electrons. The van der Waals surface area contributed by atoms with Gasteiger partial charge in [-0.15, -0.1) is 0 Å². The Morgan fingerprint density at radius 3 is 2.63 bits per heavy atom. The van der Waals surface area contributed by atoms with Crippen molar-refractivity contribution < 1.29 is 9.59 Å². The molecule has 2 fully saturated rings. The van der Waals surface area contributed by atoms with Crippen LogP contribution < -0.4 is 5.32 Å². The largest absolute Gasteiger partial charge is 0.341 e. The Balaban J connectivity index is 1.82. The summed E-state index contributed by atoms with van der Waals surface area (Å²) in [7, 11) is 1.73. The van der Waals surface area contributed by atoms with Crippen molar-refractivity contribution >= 4 is 11.8 Å². The van der Waals surface area contributed by atoms with E-state index in [-0.39, 0.29) is 24.4 Å². The van der Waals surface area contributed by atoms with Gasteiger partial charge in [0.25, 0.3) is 0 Å². The average molecular weight is 267 g/mol. The number of amides is 2. The molecular formula is C14H25N3O2. The second kappa shape index (κ2) is 6.37. The number of rotatable bonds is 3. The maximum absolute atomic E-state index is 12.3. The second-order valence-corrected chi connectivity index (χ2v) is 5.92. The number of carbonyl (C=O) groups excluding carboxylic acids is 2. The normalized spacial score (nSPS) is 27.4. The quantitative estimate of drug-likeness (QED) is 0.808. The minimum atomic E-state index is -0.111. The van der Waals surface area contributed by atoms with E-state index in [1.807, 2.05) is 4.90 Å². The van der Waals surface area contributed by atoms with Gasteiger partial charge in [0.1, 0.15) is 0 Å². The smallest absolute Gasteiger partial charge is 0.242 e. The number of nitrogens with one attached hydrogen (secondary N) is 1. The van der Waals surface area contributed by atoms with E-state index < -0.39 is 0 Å². The highest BCUT2D eigenvalue weighted by Crippen LogP contribution is 2.16. The lowest BCUT2D eigenvalue weighted by Crippen LogP contribution is -2.51. The highest BCUT2D eigenvalue weighted by molar-refractivity contribution is 5.87. The number of piperidine rings is 1. The van der Waals surface area contributed by atoms with Gasteiger partial charge in [0.05, 0.1) is 12.6 Å². The predicted molar refractivity (Wildman–Crippen MR) is 73.6 cm³/mol. The van der Waals surface area contributed by atoms with Crippen LogP contribution >= 0.6 is 0 Å². The Bertz CT molecular complexity index is 340. The molecule has 0 radical (unpaired) electrons. The van der Waals surface area contributed by atoms with Gasteiger partial charge in [-0.2, -0.15) is 0 Å². The van der Waals surface area contributed by atoms with Gasteiger partial charge in [-0.3, -0.25) is 9.59 Å². The van der Waals surface area contributed by atoms with Crippen LogP contribution in [0.4, 0.5) is 0 Å². The summed E-state index contributed by atoms with van der Waals surface area (Å²) in [5, 5.41) is 3.26. The van der Waals surface area contributed by atoms with Crippen molar-refractivity contribution in [1.82, 2.24) is 15.1 Å². The van der Waals surface area contributed by atoms with Gasteiger partial charge in [-0.05, 0) is 38.1 Å². The van der Waals surface area contributed by atoms with E-state index >= 15 is 0 Å². The number of carbonyl (C=O) groups is 2. The molecule has 0 aromatic rings. The first kappa shape index (κ1) is 14.3. The molecule has 2 rings (SSSR count). The Labute approximate surface area is 115 Å². The molecule has 0 aliphatic carbocycles. The number of nitrogens with zero attached hydrogens (tertiary/aromatic N) is 2. The fourth-order valence-corrected chi connectivity index (χ4v) is 2.91. The minimum absolute atomic E-state index is 0.0547. The lowest BCUT2D eigenvalue weighted by Gasteiger charge is -2.31. The van der Waals surface area contributed by atoms with Gasteiger partial charge in [-0.25, -0.2) is 0 Å². The van der Waals surface area contributed by atoms with Crippen LogP contribution in [-0.4, -0.2) is 60.9 Å². The van der Waals surface area contributed by atoms with E-state index in [1.165, 1.54) is 0 Å². The van der Waals surface area contributed by atoms with E-state index in [0.717, 1.165) is 45.3 Å². The van der Waals surface area contributed by atoms with Crippen molar-refractivity contribution in [2.45, 2.75) is 38.6 Å². The topological polar surface area (TPSA) is 52.7 Å². The Morgan fingerprint density at radius 1 is 1.32 bits per heavy atom. The second-order valence-electron chi connectivity index (χ2n) is 5.92. The van der Waals surface area contributed by atoms with Crippen LogP contribution in [0.15, 0.2) is 0 Å². The molecule has 1 N–H and O–H groups in total. The number of likely N-dealkylation sites (tertiary alicyclic amines) is 1. The molecule has 19 heavy (non-hydrogen) atoms. The molecule has 2 aliphatic heterocycles. The molecule has 0 saturated carbocycles. The SMILES string of the molecule is CC1CCNC(C(=O)N(C)CC(=O)N2CCCC2)C1. The molecule has 2 unspecified atom stereocenters. The summed E-state index contributed by atoms with van der Waals surface area (Å²) in [6.45, 7) is 4.98. The van der Waals surface area contributed by atoms with Crippen molar-refractivity contribution in [2.24, 2.45) is 5.92 Å². The predicted octanol–water partition coefficient (Wildman–Crippen LogP) is 0.455. The van der Waals surface area contributed by atoms with Gasteiger partial charge in [0.2, 0.25) is 11.8 Å². The third kappa shape index (κ3) is 3.69. The molecule has 0 spiro atoms. The summed E-state index contributed by atoms with van der Waals surface area (Å²) in [6.07, 6.45) is 4.18. The molecule has 2 atom stereocenters. The van der Waals surface area contributed by atoms with Crippen molar-refractivity contribution in [3.8, 4) is 0 Å². The number of likely N-dealkylation sites (N-methyl/N-ethyl adjacent to an activating group) is 1. The van der Waals surface area contributed by atoms with Crippen molar-refractivity contribution in [3.05, 3.63) is 0 Å². The average Bonchev–Trinajstić information content (AvgIpc) is 2.91. The summed E-state index contributed by atoms with van der Waals surface area (Å²) in [6, 6.07) is -0.111. The Hall–Kier alpha value is -1.10. The Morgan fingerprint density at radius 2 is 2.00 bits per heavy atom. The van der Waals surface area contributed by atoms with Gasteiger partial charge < -0.3 is 15.1 Å². The maximum atomic E-state index is 12.3. The van der Waals surface area contributed by atoms with Crippen LogP contribution in [0.3, 0.4) is 0 Å². The summed E-state index contributed by atoms with van der Waals surface area (Å²) in [5.74, 6) is 0.717. The summed E-state index contributed by atoms with van der Waals surface area (Å²) in [5.41, 5.74) is 0. The van der Waals surface area contributed by atoms with E-state index in [0.29, 0.717) is 5.92 Å². The van der Waals surface area contributed by atoms with Crippen LogP contribution in [0, 0.1) is 5.92 Å².